The molecule has 0 atom stereocenters. The van der Waals surface area contributed by atoms with E-state index in [2.05, 4.69) is 15.4 Å². The summed E-state index contributed by atoms with van der Waals surface area (Å²) in [5, 5.41) is 7.86. The van der Waals surface area contributed by atoms with Gasteiger partial charge in [0.1, 0.15) is 17.3 Å². The number of hydrogen-bond donors (Lipinski definition) is 1. The number of ether oxygens (including phenoxy) is 2. The average Bonchev–Trinajstić information content (AvgIpc) is 3.28. The third kappa shape index (κ3) is 5.47. The van der Waals surface area contributed by atoms with Gasteiger partial charge in [0.25, 0.3) is 0 Å². The van der Waals surface area contributed by atoms with Crippen LogP contribution in [0.2, 0.25) is 5.02 Å². The highest BCUT2D eigenvalue weighted by Gasteiger charge is 2.46. The molecule has 0 bridgehead atoms. The topological polar surface area (TPSA) is 106 Å². The number of aromatic nitrogens is 3. The Morgan fingerprint density at radius 2 is 1.93 bits per heavy atom. The summed E-state index contributed by atoms with van der Waals surface area (Å²) in [7, 11) is 3.36. The van der Waals surface area contributed by atoms with Gasteiger partial charge in [-0.25, -0.2) is 14.8 Å². The molecule has 2 aromatic heterocycles. The Kier molecular flexibility index (Phi) is 8.19. The van der Waals surface area contributed by atoms with Crippen LogP contribution in [0.15, 0.2) is 22.7 Å². The Morgan fingerprint density at radius 3 is 2.58 bits per heavy atom. The van der Waals surface area contributed by atoms with Gasteiger partial charge in [-0.1, -0.05) is 16.8 Å². The number of hydrogen-bond acceptors (Lipinski definition) is 9. The monoisotopic (exact) mass is 568 g/mol. The third-order valence-electron chi connectivity index (χ3n) is 8.02. The van der Waals surface area contributed by atoms with E-state index in [1.54, 1.807) is 4.90 Å². The molecule has 214 valence electrons. The Hall–Kier alpha value is -3.37. The SMILES string of the molecule is CNCCCOc1ccc(Cl)c(-c2nc(-c3c(C)noc3C)c(C)c(N3CC4(CCN(C(=O)OC)CC4)C3)n2)c1. The molecule has 5 rings (SSSR count). The normalized spacial score (nSPS) is 16.2. The predicted molar refractivity (Wildman–Crippen MR) is 154 cm³/mol. The van der Waals surface area contributed by atoms with Crippen molar-refractivity contribution in [3.05, 3.63) is 40.2 Å². The van der Waals surface area contributed by atoms with Gasteiger partial charge in [-0.15, -0.1) is 0 Å². The van der Waals surface area contributed by atoms with Crippen LogP contribution in [-0.4, -0.2) is 79.6 Å². The number of piperidine rings is 1. The van der Waals surface area contributed by atoms with Gasteiger partial charge in [0.05, 0.1) is 35.7 Å². The lowest BCUT2D eigenvalue weighted by Crippen LogP contribution is -2.61. The molecule has 0 aliphatic carbocycles. The van der Waals surface area contributed by atoms with E-state index in [1.165, 1.54) is 7.11 Å². The van der Waals surface area contributed by atoms with Gasteiger partial charge in [0.2, 0.25) is 0 Å². The number of benzene rings is 1. The fourth-order valence-electron chi connectivity index (χ4n) is 5.72. The molecule has 4 heterocycles. The number of carbonyl (C=O) groups is 1. The first kappa shape index (κ1) is 28.2. The van der Waals surface area contributed by atoms with Crippen LogP contribution in [0.3, 0.4) is 0 Å². The van der Waals surface area contributed by atoms with Gasteiger partial charge < -0.3 is 29.1 Å². The predicted octanol–water partition coefficient (Wildman–Crippen LogP) is 5.03. The van der Waals surface area contributed by atoms with E-state index >= 15 is 0 Å². The first-order chi connectivity index (χ1) is 19.2. The van der Waals surface area contributed by atoms with E-state index in [1.807, 2.05) is 46.0 Å². The summed E-state index contributed by atoms with van der Waals surface area (Å²) in [5.41, 5.74) is 4.27. The van der Waals surface area contributed by atoms with Crippen LogP contribution in [-0.2, 0) is 4.74 Å². The maximum absolute atomic E-state index is 12.0. The molecule has 11 heteroatoms. The number of nitrogens with zero attached hydrogens (tertiary/aromatic N) is 5. The van der Waals surface area contributed by atoms with Gasteiger partial charge in [-0.05, 0) is 71.8 Å². The molecule has 1 N–H and O–H groups in total. The molecule has 40 heavy (non-hydrogen) atoms. The zero-order valence-electron chi connectivity index (χ0n) is 23.8. The second-order valence-electron chi connectivity index (χ2n) is 10.8. The first-order valence-corrected chi connectivity index (χ1v) is 14.1. The van der Waals surface area contributed by atoms with Crippen molar-refractivity contribution in [1.29, 1.82) is 0 Å². The number of anilines is 1. The average molecular weight is 569 g/mol. The highest BCUT2D eigenvalue weighted by atomic mass is 35.5. The smallest absolute Gasteiger partial charge is 0.409 e. The van der Waals surface area contributed by atoms with Crippen LogP contribution < -0.4 is 15.0 Å². The van der Waals surface area contributed by atoms with Crippen LogP contribution in [0, 0.1) is 26.2 Å². The number of aryl methyl sites for hydroxylation is 2. The molecule has 1 amide bonds. The molecule has 2 aliphatic heterocycles. The fourth-order valence-corrected chi connectivity index (χ4v) is 5.93. The van der Waals surface area contributed by atoms with Gasteiger partial charge in [0.15, 0.2) is 5.82 Å². The fraction of sp³-hybridized carbons (Fsp3) is 0.517. The number of methoxy groups -OCH3 is 1. The largest absolute Gasteiger partial charge is 0.494 e. The molecule has 2 aliphatic rings. The molecule has 10 nitrogen and oxygen atoms in total. The minimum atomic E-state index is -0.253. The van der Waals surface area contributed by atoms with Crippen molar-refractivity contribution in [2.75, 3.05) is 58.4 Å². The molecule has 0 radical (unpaired) electrons. The van der Waals surface area contributed by atoms with Gasteiger partial charge >= 0.3 is 6.09 Å². The molecule has 1 spiro atoms. The second-order valence-corrected chi connectivity index (χ2v) is 11.2. The lowest BCUT2D eigenvalue weighted by atomic mass is 9.72. The van der Waals surface area contributed by atoms with E-state index in [0.29, 0.717) is 41.9 Å². The standard InChI is InChI=1S/C29H37ClN6O4/c1-18-25(24-19(2)34-40-20(24)3)32-26(22-15-21(7-8-23(22)30)39-14-6-11-31-4)33-27(18)36-16-29(17-36)9-12-35(13-10-29)28(37)38-5/h7-8,15,31H,6,9-14,16-17H2,1-5H3. The molecule has 2 fully saturated rings. The zero-order chi connectivity index (χ0) is 28.4. The number of halogens is 1. The van der Waals surface area contributed by atoms with Crippen molar-refractivity contribution >= 4 is 23.5 Å². The van der Waals surface area contributed by atoms with Crippen LogP contribution in [0.25, 0.3) is 22.6 Å². The number of rotatable bonds is 8. The molecular formula is C29H37ClN6O4. The first-order valence-electron chi connectivity index (χ1n) is 13.7. The van der Waals surface area contributed by atoms with E-state index in [4.69, 9.17) is 35.6 Å². The van der Waals surface area contributed by atoms with E-state index < -0.39 is 0 Å². The summed E-state index contributed by atoms with van der Waals surface area (Å²) >= 11 is 6.71. The summed E-state index contributed by atoms with van der Waals surface area (Å²) in [6.07, 6.45) is 2.51. The van der Waals surface area contributed by atoms with Crippen molar-refractivity contribution < 1.29 is 18.8 Å². The summed E-state index contributed by atoms with van der Waals surface area (Å²) < 4.78 is 16.4. The Balaban J connectivity index is 1.47. The maximum Gasteiger partial charge on any atom is 0.409 e. The highest BCUT2D eigenvalue weighted by molar-refractivity contribution is 6.33. The number of amides is 1. The quantitative estimate of drug-likeness (QED) is 0.374. The van der Waals surface area contributed by atoms with Crippen molar-refractivity contribution in [2.45, 2.75) is 40.0 Å². The minimum Gasteiger partial charge on any atom is -0.494 e. The molecular weight excluding hydrogens is 532 g/mol. The lowest BCUT2D eigenvalue weighted by Gasteiger charge is -2.54. The van der Waals surface area contributed by atoms with Crippen LogP contribution in [0.1, 0.15) is 36.3 Å². The van der Waals surface area contributed by atoms with E-state index in [0.717, 1.165) is 73.0 Å². The molecule has 0 unspecified atom stereocenters. The van der Waals surface area contributed by atoms with Crippen molar-refractivity contribution in [1.82, 2.24) is 25.3 Å². The second kappa shape index (κ2) is 11.6. The van der Waals surface area contributed by atoms with E-state index in [9.17, 15) is 4.79 Å². The van der Waals surface area contributed by atoms with Crippen LogP contribution in [0.4, 0.5) is 10.6 Å². The van der Waals surface area contributed by atoms with Crippen LogP contribution >= 0.6 is 11.6 Å². The minimum absolute atomic E-state index is 0.157. The zero-order valence-corrected chi connectivity index (χ0v) is 24.6. The number of likely N-dealkylation sites (tertiary alicyclic amines) is 1. The molecule has 2 saturated heterocycles. The molecule has 0 saturated carbocycles. The molecule has 3 aromatic rings. The van der Waals surface area contributed by atoms with E-state index in [-0.39, 0.29) is 11.5 Å². The Bertz CT molecular complexity index is 1360. The number of carbonyl (C=O) groups excluding carboxylic acids is 1. The van der Waals surface area contributed by atoms with Crippen molar-refractivity contribution in [2.24, 2.45) is 5.41 Å². The summed E-state index contributed by atoms with van der Waals surface area (Å²) in [4.78, 5) is 26.2. The summed E-state index contributed by atoms with van der Waals surface area (Å²) in [5.74, 6) is 2.83. The van der Waals surface area contributed by atoms with Crippen LogP contribution in [0.5, 0.6) is 5.75 Å². The third-order valence-corrected chi connectivity index (χ3v) is 8.35. The van der Waals surface area contributed by atoms with Gasteiger partial charge in [-0.3, -0.25) is 0 Å². The van der Waals surface area contributed by atoms with Gasteiger partial charge in [0, 0.05) is 42.7 Å². The highest BCUT2D eigenvalue weighted by Crippen LogP contribution is 2.45. The molecule has 1 aromatic carbocycles. The Morgan fingerprint density at radius 1 is 1.18 bits per heavy atom. The van der Waals surface area contributed by atoms with Crippen molar-refractivity contribution in [3.63, 3.8) is 0 Å². The number of nitrogens with one attached hydrogen (secondary N) is 1. The summed E-state index contributed by atoms with van der Waals surface area (Å²) in [6.45, 7) is 10.5. The maximum atomic E-state index is 12.0. The lowest BCUT2D eigenvalue weighted by molar-refractivity contribution is 0.0621. The summed E-state index contributed by atoms with van der Waals surface area (Å²) in [6, 6.07) is 5.61. The van der Waals surface area contributed by atoms with Crippen molar-refractivity contribution in [3.8, 4) is 28.4 Å². The van der Waals surface area contributed by atoms with Gasteiger partial charge in [-0.2, -0.15) is 0 Å². The Labute approximate surface area is 240 Å².